The van der Waals surface area contributed by atoms with Gasteiger partial charge in [-0.15, -0.1) is 12.4 Å². The second kappa shape index (κ2) is 9.26. The van der Waals surface area contributed by atoms with Crippen molar-refractivity contribution in [2.75, 3.05) is 32.7 Å². The Morgan fingerprint density at radius 2 is 1.86 bits per heavy atom. The van der Waals surface area contributed by atoms with Crippen molar-refractivity contribution in [3.8, 4) is 0 Å². The number of likely N-dealkylation sites (tertiary alicyclic amines) is 1. The van der Waals surface area contributed by atoms with Crippen molar-refractivity contribution in [3.05, 3.63) is 0 Å². The summed E-state index contributed by atoms with van der Waals surface area (Å²) >= 11 is 0. The van der Waals surface area contributed by atoms with Crippen LogP contribution < -0.4 is 5.32 Å². The molecule has 0 aromatic carbocycles. The van der Waals surface area contributed by atoms with Crippen molar-refractivity contribution >= 4 is 24.2 Å². The van der Waals surface area contributed by atoms with Crippen LogP contribution in [0.5, 0.6) is 0 Å². The van der Waals surface area contributed by atoms with E-state index in [0.29, 0.717) is 6.42 Å². The number of rotatable bonds is 4. The Balaban J connectivity index is 0.00000220. The topological polar surface area (TPSA) is 52.7 Å². The van der Waals surface area contributed by atoms with Crippen LogP contribution in [-0.2, 0) is 9.59 Å². The minimum absolute atomic E-state index is 0. The molecule has 1 unspecified atom stereocenters. The average Bonchev–Trinajstić information content (AvgIpc) is 2.72. The highest BCUT2D eigenvalue weighted by atomic mass is 35.5. The lowest BCUT2D eigenvalue weighted by molar-refractivity contribution is -0.141. The third-order valence-electron chi connectivity index (χ3n) is 4.21. The normalized spacial score (nSPS) is 23.5. The number of hydrogen-bond donors (Lipinski definition) is 1. The predicted molar refractivity (Wildman–Crippen MR) is 85.6 cm³/mol. The number of carbonyl (C=O) groups is 2. The van der Waals surface area contributed by atoms with E-state index in [0.717, 1.165) is 52.0 Å². The Labute approximate surface area is 133 Å². The van der Waals surface area contributed by atoms with Crippen molar-refractivity contribution in [2.45, 2.75) is 51.5 Å². The summed E-state index contributed by atoms with van der Waals surface area (Å²) in [7, 11) is 0. The van der Waals surface area contributed by atoms with Gasteiger partial charge in [0.2, 0.25) is 11.8 Å². The van der Waals surface area contributed by atoms with E-state index in [1.165, 1.54) is 12.8 Å². The highest BCUT2D eigenvalue weighted by Crippen LogP contribution is 2.13. The van der Waals surface area contributed by atoms with E-state index >= 15 is 0 Å². The summed E-state index contributed by atoms with van der Waals surface area (Å²) in [5.41, 5.74) is 0. The molecule has 0 aliphatic carbocycles. The van der Waals surface area contributed by atoms with Gasteiger partial charge in [0.05, 0.1) is 12.5 Å². The number of nitrogens with one attached hydrogen (secondary N) is 1. The first-order valence-corrected chi connectivity index (χ1v) is 8.02. The lowest BCUT2D eigenvalue weighted by Crippen LogP contribution is -2.56. The van der Waals surface area contributed by atoms with Crippen molar-refractivity contribution in [1.29, 1.82) is 0 Å². The summed E-state index contributed by atoms with van der Waals surface area (Å²) in [6, 6.07) is -0.314. The zero-order chi connectivity index (χ0) is 14.4. The molecule has 2 fully saturated rings. The Bertz CT molecular complexity index is 342. The van der Waals surface area contributed by atoms with Crippen molar-refractivity contribution in [3.63, 3.8) is 0 Å². The molecule has 0 saturated carbocycles. The van der Waals surface area contributed by atoms with Crippen LogP contribution >= 0.6 is 12.4 Å². The van der Waals surface area contributed by atoms with Gasteiger partial charge in [-0.05, 0) is 19.3 Å². The van der Waals surface area contributed by atoms with Crippen LogP contribution in [0.25, 0.3) is 0 Å². The third-order valence-corrected chi connectivity index (χ3v) is 4.21. The lowest BCUT2D eigenvalue weighted by atomic mass is 10.1. The zero-order valence-corrected chi connectivity index (χ0v) is 13.8. The molecule has 2 heterocycles. The first kappa shape index (κ1) is 18.2. The molecule has 0 bridgehead atoms. The molecule has 0 spiro atoms. The van der Waals surface area contributed by atoms with E-state index in [2.05, 4.69) is 12.2 Å². The quantitative estimate of drug-likeness (QED) is 0.853. The van der Waals surface area contributed by atoms with Crippen LogP contribution in [0, 0.1) is 0 Å². The van der Waals surface area contributed by atoms with Crippen LogP contribution in [0.4, 0.5) is 0 Å². The Morgan fingerprint density at radius 3 is 2.48 bits per heavy atom. The molecular formula is C15H28ClN3O2. The molecule has 0 radical (unpaired) electrons. The number of halogens is 1. The van der Waals surface area contributed by atoms with Gasteiger partial charge < -0.3 is 15.1 Å². The largest absolute Gasteiger partial charge is 0.343 e. The molecule has 5 nitrogen and oxygen atoms in total. The summed E-state index contributed by atoms with van der Waals surface area (Å²) in [6.07, 6.45) is 5.92. The summed E-state index contributed by atoms with van der Waals surface area (Å²) in [5.74, 6) is 0.234. The van der Waals surface area contributed by atoms with Gasteiger partial charge in [0, 0.05) is 32.7 Å². The van der Waals surface area contributed by atoms with E-state index in [1.807, 2.05) is 9.80 Å². The molecule has 1 atom stereocenters. The maximum Gasteiger partial charge on any atom is 0.240 e. The first-order chi connectivity index (χ1) is 9.72. The first-order valence-electron chi connectivity index (χ1n) is 8.02. The van der Waals surface area contributed by atoms with Crippen LogP contribution in [0.1, 0.15) is 45.4 Å². The standard InChI is InChI=1S/C15H27N3O2.ClH/c1-2-8-18-11-7-16-13(15(18)20)12-14(19)17-9-5-3-4-6-10-17;/h13,16H,2-12H2,1H3;1H. The maximum absolute atomic E-state index is 12.3. The Kier molecular flexibility index (Phi) is 8.04. The Hall–Kier alpha value is -0.810. The SMILES string of the molecule is CCCN1CCNC(CC(=O)N2CCCCCC2)C1=O.Cl. The summed E-state index contributed by atoms with van der Waals surface area (Å²) < 4.78 is 0. The van der Waals surface area contributed by atoms with Gasteiger partial charge in [-0.2, -0.15) is 0 Å². The molecular weight excluding hydrogens is 290 g/mol. The second-order valence-electron chi connectivity index (χ2n) is 5.83. The fourth-order valence-corrected chi connectivity index (χ4v) is 3.07. The minimum atomic E-state index is -0.314. The van der Waals surface area contributed by atoms with Crippen LogP contribution in [-0.4, -0.2) is 60.4 Å². The maximum atomic E-state index is 12.3. The monoisotopic (exact) mass is 317 g/mol. The van der Waals surface area contributed by atoms with Crippen molar-refractivity contribution in [1.82, 2.24) is 15.1 Å². The molecule has 2 aliphatic heterocycles. The fourth-order valence-electron chi connectivity index (χ4n) is 3.07. The van der Waals surface area contributed by atoms with Crippen LogP contribution in [0.3, 0.4) is 0 Å². The van der Waals surface area contributed by atoms with E-state index in [4.69, 9.17) is 0 Å². The summed E-state index contributed by atoms with van der Waals surface area (Å²) in [6.45, 7) is 6.16. The number of nitrogens with zero attached hydrogens (tertiary/aromatic N) is 2. The highest BCUT2D eigenvalue weighted by Gasteiger charge is 2.30. The molecule has 2 amide bonds. The van der Waals surface area contributed by atoms with Gasteiger partial charge in [-0.25, -0.2) is 0 Å². The number of hydrogen-bond acceptors (Lipinski definition) is 3. The number of carbonyl (C=O) groups excluding carboxylic acids is 2. The van der Waals surface area contributed by atoms with E-state index < -0.39 is 0 Å². The molecule has 6 heteroatoms. The van der Waals surface area contributed by atoms with Gasteiger partial charge >= 0.3 is 0 Å². The molecule has 1 N–H and O–H groups in total. The van der Waals surface area contributed by atoms with Crippen molar-refractivity contribution < 1.29 is 9.59 Å². The zero-order valence-electron chi connectivity index (χ0n) is 13.0. The summed E-state index contributed by atoms with van der Waals surface area (Å²) in [4.78, 5) is 28.5. The number of amides is 2. The minimum Gasteiger partial charge on any atom is -0.343 e. The molecule has 21 heavy (non-hydrogen) atoms. The molecule has 0 aromatic heterocycles. The highest BCUT2D eigenvalue weighted by molar-refractivity contribution is 5.89. The van der Waals surface area contributed by atoms with Gasteiger partial charge in [0.25, 0.3) is 0 Å². The predicted octanol–water partition coefficient (Wildman–Crippen LogP) is 1.41. The second-order valence-corrected chi connectivity index (χ2v) is 5.83. The van der Waals surface area contributed by atoms with Crippen molar-refractivity contribution in [2.24, 2.45) is 0 Å². The molecule has 122 valence electrons. The summed E-state index contributed by atoms with van der Waals surface area (Å²) in [5, 5.41) is 3.20. The third kappa shape index (κ3) is 5.15. The van der Waals surface area contributed by atoms with E-state index in [9.17, 15) is 9.59 Å². The van der Waals surface area contributed by atoms with E-state index in [1.54, 1.807) is 0 Å². The van der Waals surface area contributed by atoms with Crippen LogP contribution in [0.2, 0.25) is 0 Å². The van der Waals surface area contributed by atoms with Gasteiger partial charge in [-0.1, -0.05) is 19.8 Å². The van der Waals surface area contributed by atoms with Crippen LogP contribution in [0.15, 0.2) is 0 Å². The molecule has 2 rings (SSSR count). The molecule has 2 saturated heterocycles. The lowest BCUT2D eigenvalue weighted by Gasteiger charge is -2.33. The van der Waals surface area contributed by atoms with Gasteiger partial charge in [0.15, 0.2) is 0 Å². The molecule has 0 aromatic rings. The molecule has 2 aliphatic rings. The van der Waals surface area contributed by atoms with Gasteiger partial charge in [-0.3, -0.25) is 9.59 Å². The van der Waals surface area contributed by atoms with Gasteiger partial charge in [0.1, 0.15) is 0 Å². The smallest absolute Gasteiger partial charge is 0.240 e. The Morgan fingerprint density at radius 1 is 1.19 bits per heavy atom. The van der Waals surface area contributed by atoms with E-state index in [-0.39, 0.29) is 30.3 Å². The number of piperazine rings is 1. The average molecular weight is 318 g/mol. The fraction of sp³-hybridized carbons (Fsp3) is 0.867.